The van der Waals surface area contributed by atoms with Crippen molar-refractivity contribution in [2.75, 3.05) is 11.5 Å². The molecule has 106 valence electrons. The van der Waals surface area contributed by atoms with Gasteiger partial charge < -0.3 is 5.32 Å². The number of benzene rings is 1. The fourth-order valence-electron chi connectivity index (χ4n) is 2.77. The molecule has 2 unspecified atom stereocenters. The molecule has 1 N–H and O–H groups in total. The van der Waals surface area contributed by atoms with Gasteiger partial charge in [0.2, 0.25) is 0 Å². The van der Waals surface area contributed by atoms with Crippen LogP contribution < -0.4 is 5.32 Å². The molecule has 1 saturated heterocycles. The van der Waals surface area contributed by atoms with E-state index in [1.807, 2.05) is 0 Å². The third kappa shape index (κ3) is 4.00. The van der Waals surface area contributed by atoms with Crippen molar-refractivity contribution in [2.24, 2.45) is 5.41 Å². The molecular formula is C17H27NS. The predicted molar refractivity (Wildman–Crippen MR) is 86.7 cm³/mol. The lowest BCUT2D eigenvalue weighted by molar-refractivity contribution is 0.224. The van der Waals surface area contributed by atoms with E-state index >= 15 is 0 Å². The number of hydrogen-bond donors (Lipinski definition) is 1. The van der Waals surface area contributed by atoms with Crippen LogP contribution in [0.3, 0.4) is 0 Å². The summed E-state index contributed by atoms with van der Waals surface area (Å²) in [6.07, 6.45) is 3.77. The van der Waals surface area contributed by atoms with E-state index in [1.54, 1.807) is 0 Å². The van der Waals surface area contributed by atoms with Crippen LogP contribution in [0.1, 0.15) is 51.6 Å². The standard InChI is InChI=1S/C17H27NS/c1-4-8-15(14-9-6-5-7-10-14)18-16-13-19-12-11-17(16,2)3/h5-7,9-10,15-16,18H,4,8,11-13H2,1-3H3. The van der Waals surface area contributed by atoms with Crippen molar-refractivity contribution >= 4 is 11.8 Å². The van der Waals surface area contributed by atoms with Crippen LogP contribution in [-0.2, 0) is 0 Å². The Morgan fingerprint density at radius 3 is 2.68 bits per heavy atom. The highest BCUT2D eigenvalue weighted by atomic mass is 32.2. The third-order valence-corrected chi connectivity index (χ3v) is 5.36. The fourth-order valence-corrected chi connectivity index (χ4v) is 4.39. The molecule has 19 heavy (non-hydrogen) atoms. The topological polar surface area (TPSA) is 12.0 Å². The maximum Gasteiger partial charge on any atom is 0.0323 e. The molecule has 1 fully saturated rings. The Kier molecular flexibility index (Phi) is 5.35. The van der Waals surface area contributed by atoms with Gasteiger partial charge in [0.1, 0.15) is 0 Å². The van der Waals surface area contributed by atoms with Gasteiger partial charge in [0.05, 0.1) is 0 Å². The van der Waals surface area contributed by atoms with Gasteiger partial charge in [0, 0.05) is 17.8 Å². The van der Waals surface area contributed by atoms with Gasteiger partial charge in [0.15, 0.2) is 0 Å². The number of rotatable bonds is 5. The maximum absolute atomic E-state index is 3.94. The van der Waals surface area contributed by atoms with E-state index in [1.165, 1.54) is 36.3 Å². The molecule has 0 saturated carbocycles. The summed E-state index contributed by atoms with van der Waals surface area (Å²) in [7, 11) is 0. The van der Waals surface area contributed by atoms with Crippen LogP contribution in [-0.4, -0.2) is 17.5 Å². The van der Waals surface area contributed by atoms with Crippen molar-refractivity contribution in [1.82, 2.24) is 5.32 Å². The summed E-state index contributed by atoms with van der Waals surface area (Å²) in [5.41, 5.74) is 1.86. The Morgan fingerprint density at radius 1 is 1.32 bits per heavy atom. The van der Waals surface area contributed by atoms with Crippen molar-refractivity contribution in [3.63, 3.8) is 0 Å². The predicted octanol–water partition coefficient (Wildman–Crippen LogP) is 4.65. The van der Waals surface area contributed by atoms with Crippen molar-refractivity contribution in [1.29, 1.82) is 0 Å². The second kappa shape index (κ2) is 6.81. The number of nitrogens with one attached hydrogen (secondary N) is 1. The molecule has 1 aliphatic rings. The van der Waals surface area contributed by atoms with Gasteiger partial charge in [-0.2, -0.15) is 11.8 Å². The largest absolute Gasteiger partial charge is 0.306 e. The van der Waals surface area contributed by atoms with Crippen LogP contribution in [0.15, 0.2) is 30.3 Å². The monoisotopic (exact) mass is 277 g/mol. The molecule has 1 aliphatic heterocycles. The highest BCUT2D eigenvalue weighted by molar-refractivity contribution is 7.99. The summed E-state index contributed by atoms with van der Waals surface area (Å²) in [4.78, 5) is 0. The minimum Gasteiger partial charge on any atom is -0.306 e. The van der Waals surface area contributed by atoms with Gasteiger partial charge in [-0.25, -0.2) is 0 Å². The minimum absolute atomic E-state index is 0.423. The second-order valence-corrected chi connectivity index (χ2v) is 7.43. The zero-order chi connectivity index (χ0) is 13.7. The quantitative estimate of drug-likeness (QED) is 0.841. The molecular weight excluding hydrogens is 250 g/mol. The van der Waals surface area contributed by atoms with Crippen LogP contribution in [0.2, 0.25) is 0 Å². The molecule has 1 aromatic carbocycles. The molecule has 2 rings (SSSR count). The molecule has 1 aromatic rings. The van der Waals surface area contributed by atoms with Gasteiger partial charge in [0.25, 0.3) is 0 Å². The summed E-state index contributed by atoms with van der Waals surface area (Å²) in [6.45, 7) is 7.11. The molecule has 0 aliphatic carbocycles. The highest BCUT2D eigenvalue weighted by Crippen LogP contribution is 2.36. The molecule has 1 nitrogen and oxygen atoms in total. The van der Waals surface area contributed by atoms with Crippen LogP contribution in [0.25, 0.3) is 0 Å². The van der Waals surface area contributed by atoms with Gasteiger partial charge in [-0.3, -0.25) is 0 Å². The first-order valence-electron chi connectivity index (χ1n) is 7.52. The molecule has 1 heterocycles. The van der Waals surface area contributed by atoms with Gasteiger partial charge in [-0.05, 0) is 29.6 Å². The Balaban J connectivity index is 2.08. The normalized spacial score (nSPS) is 24.1. The van der Waals surface area contributed by atoms with Crippen LogP contribution >= 0.6 is 11.8 Å². The zero-order valence-electron chi connectivity index (χ0n) is 12.5. The molecule has 2 atom stereocenters. The fraction of sp³-hybridized carbons (Fsp3) is 0.647. The van der Waals surface area contributed by atoms with Gasteiger partial charge >= 0.3 is 0 Å². The highest BCUT2D eigenvalue weighted by Gasteiger charge is 2.33. The first kappa shape index (κ1) is 14.9. The Labute approximate surface area is 122 Å². The van der Waals surface area contributed by atoms with Crippen molar-refractivity contribution in [3.05, 3.63) is 35.9 Å². The molecule has 2 heteroatoms. The van der Waals surface area contributed by atoms with E-state index in [0.717, 1.165) is 0 Å². The molecule has 0 spiro atoms. The van der Waals surface area contributed by atoms with E-state index in [9.17, 15) is 0 Å². The van der Waals surface area contributed by atoms with Crippen molar-refractivity contribution in [2.45, 2.75) is 52.1 Å². The lowest BCUT2D eigenvalue weighted by Gasteiger charge is -2.41. The van der Waals surface area contributed by atoms with E-state index in [2.05, 4.69) is 68.2 Å². The van der Waals surface area contributed by atoms with Crippen LogP contribution in [0, 0.1) is 5.41 Å². The Bertz CT molecular complexity index is 374. The Hall–Kier alpha value is -0.470. The average molecular weight is 277 g/mol. The van der Waals surface area contributed by atoms with Crippen LogP contribution in [0.4, 0.5) is 0 Å². The summed E-state index contributed by atoms with van der Waals surface area (Å²) in [5.74, 6) is 2.56. The lowest BCUT2D eigenvalue weighted by atomic mass is 9.81. The summed E-state index contributed by atoms with van der Waals surface area (Å²) in [5, 5.41) is 3.94. The SMILES string of the molecule is CCCC(NC1CSCCC1(C)C)c1ccccc1. The second-order valence-electron chi connectivity index (χ2n) is 6.28. The molecule has 0 aromatic heterocycles. The van der Waals surface area contributed by atoms with E-state index in [0.29, 0.717) is 17.5 Å². The number of thioether (sulfide) groups is 1. The van der Waals surface area contributed by atoms with E-state index < -0.39 is 0 Å². The maximum atomic E-state index is 3.94. The first-order valence-corrected chi connectivity index (χ1v) is 8.67. The molecule has 0 bridgehead atoms. The smallest absolute Gasteiger partial charge is 0.0323 e. The van der Waals surface area contributed by atoms with Crippen molar-refractivity contribution < 1.29 is 0 Å². The zero-order valence-corrected chi connectivity index (χ0v) is 13.3. The lowest BCUT2D eigenvalue weighted by Crippen LogP contribution is -2.47. The van der Waals surface area contributed by atoms with Crippen LogP contribution in [0.5, 0.6) is 0 Å². The third-order valence-electron chi connectivity index (χ3n) is 4.30. The summed E-state index contributed by atoms with van der Waals surface area (Å²) < 4.78 is 0. The number of hydrogen-bond acceptors (Lipinski definition) is 2. The van der Waals surface area contributed by atoms with E-state index in [4.69, 9.17) is 0 Å². The Morgan fingerprint density at radius 2 is 2.05 bits per heavy atom. The molecule has 0 amide bonds. The first-order chi connectivity index (χ1) is 9.13. The van der Waals surface area contributed by atoms with Gasteiger partial charge in [-0.1, -0.05) is 57.5 Å². The molecule has 0 radical (unpaired) electrons. The minimum atomic E-state index is 0.423. The van der Waals surface area contributed by atoms with Crippen molar-refractivity contribution in [3.8, 4) is 0 Å². The van der Waals surface area contributed by atoms with Gasteiger partial charge in [-0.15, -0.1) is 0 Å². The summed E-state index contributed by atoms with van der Waals surface area (Å²) in [6, 6.07) is 12.1. The average Bonchev–Trinajstić information content (AvgIpc) is 2.41. The summed E-state index contributed by atoms with van der Waals surface area (Å²) >= 11 is 2.10. The van der Waals surface area contributed by atoms with E-state index in [-0.39, 0.29) is 0 Å².